The van der Waals surface area contributed by atoms with Crippen molar-refractivity contribution in [2.24, 2.45) is 5.73 Å². The summed E-state index contributed by atoms with van der Waals surface area (Å²) in [5.74, 6) is -0.458. The van der Waals surface area contributed by atoms with Crippen LogP contribution in [0.15, 0.2) is 18.2 Å². The molecular formula is C15H21ClN2O3. The van der Waals surface area contributed by atoms with Crippen LogP contribution in [-0.2, 0) is 4.74 Å². The van der Waals surface area contributed by atoms with Gasteiger partial charge in [0.05, 0.1) is 18.3 Å². The number of nitrogens with two attached hydrogens (primary N) is 1. The molecule has 0 atom stereocenters. The van der Waals surface area contributed by atoms with E-state index in [1.54, 1.807) is 6.07 Å². The number of ether oxygens (including phenoxy) is 1. The number of amides is 1. The molecule has 1 aliphatic rings. The van der Waals surface area contributed by atoms with Crippen LogP contribution in [0.2, 0.25) is 5.02 Å². The van der Waals surface area contributed by atoms with Gasteiger partial charge in [-0.3, -0.25) is 4.79 Å². The number of nitrogens with one attached hydrogen (secondary N) is 1. The van der Waals surface area contributed by atoms with Crippen LogP contribution in [-0.4, -0.2) is 36.3 Å². The normalized spacial score (nSPS) is 22.0. The predicted octanol–water partition coefficient (Wildman–Crippen LogP) is 2.06. The Labute approximate surface area is 129 Å². The van der Waals surface area contributed by atoms with Crippen molar-refractivity contribution in [3.05, 3.63) is 28.8 Å². The number of phenols is 1. The zero-order valence-electron chi connectivity index (χ0n) is 11.8. The molecule has 1 saturated carbocycles. The average molecular weight is 313 g/mol. The van der Waals surface area contributed by atoms with E-state index in [0.717, 1.165) is 25.7 Å². The Morgan fingerprint density at radius 2 is 2.10 bits per heavy atom. The summed E-state index contributed by atoms with van der Waals surface area (Å²) in [6.45, 7) is 0.865. The van der Waals surface area contributed by atoms with Gasteiger partial charge in [-0.2, -0.15) is 0 Å². The number of carbonyl (C=O) groups excluding carboxylic acids is 1. The standard InChI is InChI=1S/C15H21ClN2O3/c16-10-1-6-13(14(19)9-10)15(20)18-7-8-21-12-4-2-11(17)3-5-12/h1,6,9,11-12,19H,2-5,7-8,17H2,(H,18,20). The SMILES string of the molecule is NC1CCC(OCCNC(=O)c2ccc(Cl)cc2O)CC1. The first kappa shape index (κ1) is 16.1. The van der Waals surface area contributed by atoms with Crippen LogP contribution in [0.4, 0.5) is 0 Å². The highest BCUT2D eigenvalue weighted by Gasteiger charge is 2.18. The summed E-state index contributed by atoms with van der Waals surface area (Å²) < 4.78 is 5.71. The molecule has 1 amide bonds. The third-order valence-corrected chi connectivity index (χ3v) is 3.90. The van der Waals surface area contributed by atoms with Gasteiger partial charge in [0.2, 0.25) is 0 Å². The van der Waals surface area contributed by atoms with Crippen molar-refractivity contribution < 1.29 is 14.6 Å². The molecule has 1 fully saturated rings. The minimum atomic E-state index is -0.335. The molecule has 1 aliphatic carbocycles. The highest BCUT2D eigenvalue weighted by molar-refractivity contribution is 6.30. The number of halogens is 1. The summed E-state index contributed by atoms with van der Waals surface area (Å²) in [6, 6.07) is 4.71. The smallest absolute Gasteiger partial charge is 0.255 e. The first-order valence-corrected chi connectivity index (χ1v) is 7.58. The van der Waals surface area contributed by atoms with E-state index in [1.165, 1.54) is 12.1 Å². The van der Waals surface area contributed by atoms with Gasteiger partial charge in [-0.1, -0.05) is 11.6 Å². The molecule has 4 N–H and O–H groups in total. The zero-order chi connectivity index (χ0) is 15.2. The maximum Gasteiger partial charge on any atom is 0.255 e. The van der Waals surface area contributed by atoms with Crippen LogP contribution in [0, 0.1) is 0 Å². The quantitative estimate of drug-likeness (QED) is 0.727. The Hall–Kier alpha value is -1.30. The summed E-state index contributed by atoms with van der Waals surface area (Å²) in [7, 11) is 0. The molecule has 0 spiro atoms. The van der Waals surface area contributed by atoms with Gasteiger partial charge in [0.15, 0.2) is 0 Å². The van der Waals surface area contributed by atoms with E-state index in [1.807, 2.05) is 0 Å². The molecule has 5 nitrogen and oxygen atoms in total. The van der Waals surface area contributed by atoms with Gasteiger partial charge in [-0.25, -0.2) is 0 Å². The summed E-state index contributed by atoms with van der Waals surface area (Å²) in [6.07, 6.45) is 4.19. The molecule has 2 rings (SSSR count). The molecule has 0 unspecified atom stereocenters. The van der Waals surface area contributed by atoms with Crippen LogP contribution in [0.1, 0.15) is 36.0 Å². The number of hydrogen-bond acceptors (Lipinski definition) is 4. The second kappa shape index (κ2) is 7.64. The molecule has 1 aromatic rings. The summed E-state index contributed by atoms with van der Waals surface area (Å²) >= 11 is 5.72. The third-order valence-electron chi connectivity index (χ3n) is 3.66. The van der Waals surface area contributed by atoms with E-state index in [4.69, 9.17) is 22.1 Å². The van der Waals surface area contributed by atoms with Crippen LogP contribution >= 0.6 is 11.6 Å². The van der Waals surface area contributed by atoms with Gasteiger partial charge in [0.25, 0.3) is 5.91 Å². The van der Waals surface area contributed by atoms with Gasteiger partial charge >= 0.3 is 0 Å². The molecular weight excluding hydrogens is 292 g/mol. The lowest BCUT2D eigenvalue weighted by Crippen LogP contribution is -2.33. The summed E-state index contributed by atoms with van der Waals surface area (Å²) in [4.78, 5) is 11.9. The van der Waals surface area contributed by atoms with E-state index in [0.29, 0.717) is 24.2 Å². The fraction of sp³-hybridized carbons (Fsp3) is 0.533. The molecule has 0 heterocycles. The lowest BCUT2D eigenvalue weighted by molar-refractivity contribution is 0.0267. The van der Waals surface area contributed by atoms with Crippen molar-refractivity contribution in [3.8, 4) is 5.75 Å². The number of aromatic hydroxyl groups is 1. The van der Waals surface area contributed by atoms with E-state index in [-0.39, 0.29) is 23.3 Å². The minimum Gasteiger partial charge on any atom is -0.507 e. The Kier molecular flexibility index (Phi) is 5.85. The molecule has 0 saturated heterocycles. The monoisotopic (exact) mass is 312 g/mol. The lowest BCUT2D eigenvalue weighted by Gasteiger charge is -2.26. The molecule has 0 bridgehead atoms. The Bertz CT molecular complexity index is 488. The first-order valence-electron chi connectivity index (χ1n) is 7.20. The molecule has 0 aromatic heterocycles. The molecule has 0 aliphatic heterocycles. The van der Waals surface area contributed by atoms with Crippen molar-refractivity contribution in [2.45, 2.75) is 37.8 Å². The van der Waals surface area contributed by atoms with Crippen molar-refractivity contribution in [2.75, 3.05) is 13.2 Å². The highest BCUT2D eigenvalue weighted by Crippen LogP contribution is 2.22. The van der Waals surface area contributed by atoms with E-state index < -0.39 is 0 Å². The number of phenolic OH excluding ortho intramolecular Hbond substituents is 1. The minimum absolute atomic E-state index is 0.123. The van der Waals surface area contributed by atoms with Crippen LogP contribution < -0.4 is 11.1 Å². The van der Waals surface area contributed by atoms with Crippen molar-refractivity contribution in [1.29, 1.82) is 0 Å². The van der Waals surface area contributed by atoms with Gasteiger partial charge in [0.1, 0.15) is 5.75 Å². The first-order chi connectivity index (χ1) is 10.1. The Balaban J connectivity index is 1.69. The van der Waals surface area contributed by atoms with Crippen LogP contribution in [0.5, 0.6) is 5.75 Å². The van der Waals surface area contributed by atoms with Gasteiger partial charge in [0, 0.05) is 17.6 Å². The van der Waals surface area contributed by atoms with Crippen molar-refractivity contribution >= 4 is 17.5 Å². The van der Waals surface area contributed by atoms with Crippen LogP contribution in [0.25, 0.3) is 0 Å². The molecule has 116 valence electrons. The lowest BCUT2D eigenvalue weighted by atomic mass is 9.94. The number of rotatable bonds is 5. The molecule has 21 heavy (non-hydrogen) atoms. The summed E-state index contributed by atoms with van der Waals surface area (Å²) in [5.41, 5.74) is 6.05. The van der Waals surface area contributed by atoms with Crippen molar-refractivity contribution in [3.63, 3.8) is 0 Å². The average Bonchev–Trinajstić information content (AvgIpc) is 2.45. The van der Waals surface area contributed by atoms with Gasteiger partial charge in [-0.15, -0.1) is 0 Å². The van der Waals surface area contributed by atoms with Gasteiger partial charge < -0.3 is 20.9 Å². The molecule has 0 radical (unpaired) electrons. The fourth-order valence-electron chi connectivity index (χ4n) is 2.44. The number of benzene rings is 1. The largest absolute Gasteiger partial charge is 0.507 e. The molecule has 1 aromatic carbocycles. The van der Waals surface area contributed by atoms with Crippen molar-refractivity contribution in [1.82, 2.24) is 5.32 Å². The van der Waals surface area contributed by atoms with Crippen LogP contribution in [0.3, 0.4) is 0 Å². The zero-order valence-corrected chi connectivity index (χ0v) is 12.6. The van der Waals surface area contributed by atoms with Gasteiger partial charge in [-0.05, 0) is 43.9 Å². The van der Waals surface area contributed by atoms with E-state index >= 15 is 0 Å². The second-order valence-corrected chi connectivity index (χ2v) is 5.76. The number of hydrogen-bond donors (Lipinski definition) is 3. The van der Waals surface area contributed by atoms with E-state index in [9.17, 15) is 9.90 Å². The Morgan fingerprint density at radius 1 is 1.38 bits per heavy atom. The highest BCUT2D eigenvalue weighted by atomic mass is 35.5. The number of carbonyl (C=O) groups is 1. The third kappa shape index (κ3) is 4.88. The summed E-state index contributed by atoms with van der Waals surface area (Å²) in [5, 5.41) is 12.8. The maximum absolute atomic E-state index is 11.9. The predicted molar refractivity (Wildman–Crippen MR) is 81.6 cm³/mol. The Morgan fingerprint density at radius 3 is 2.76 bits per heavy atom. The fourth-order valence-corrected chi connectivity index (χ4v) is 2.60. The maximum atomic E-state index is 11.9. The topological polar surface area (TPSA) is 84.6 Å². The van der Waals surface area contributed by atoms with E-state index in [2.05, 4.69) is 5.32 Å². The molecule has 6 heteroatoms. The second-order valence-electron chi connectivity index (χ2n) is 5.32.